The number of carbonyl (C=O) groups is 1. The molecule has 0 amide bonds. The molecule has 0 aliphatic heterocycles. The number of ketones is 1. The summed E-state index contributed by atoms with van der Waals surface area (Å²) < 4.78 is 0.734. The predicted octanol–water partition coefficient (Wildman–Crippen LogP) is 4.29. The number of thiophene rings is 1. The van der Waals surface area contributed by atoms with E-state index in [-0.39, 0.29) is 5.78 Å². The monoisotopic (exact) mass is 317 g/mol. The number of nitrogens with zero attached hydrogens (tertiary/aromatic N) is 1. The number of rotatable bonds is 2. The average molecular weight is 318 g/mol. The van der Waals surface area contributed by atoms with Crippen molar-refractivity contribution >= 4 is 44.0 Å². The van der Waals surface area contributed by atoms with Gasteiger partial charge in [-0.3, -0.25) is 4.79 Å². The number of halogens is 1. The maximum atomic E-state index is 12.3. The molecule has 4 heteroatoms. The third-order valence-electron chi connectivity index (χ3n) is 2.68. The number of benzene rings is 1. The Kier molecular flexibility index (Phi) is 2.97. The first-order valence-electron chi connectivity index (χ1n) is 5.38. The molecular formula is C14H8BrNOS. The molecular weight excluding hydrogens is 310 g/mol. The van der Waals surface area contributed by atoms with Gasteiger partial charge in [0.2, 0.25) is 5.78 Å². The lowest BCUT2D eigenvalue weighted by molar-refractivity contribution is 0.103. The van der Waals surface area contributed by atoms with Crippen LogP contribution in [0.1, 0.15) is 16.1 Å². The summed E-state index contributed by atoms with van der Waals surface area (Å²) in [5, 5.41) is 4.75. The van der Waals surface area contributed by atoms with Gasteiger partial charge >= 0.3 is 0 Å². The normalized spacial score (nSPS) is 10.7. The fourth-order valence-electron chi connectivity index (χ4n) is 1.78. The maximum Gasteiger partial charge on any atom is 0.213 e. The number of aromatic nitrogens is 1. The van der Waals surface area contributed by atoms with E-state index in [0.29, 0.717) is 11.3 Å². The molecule has 0 radical (unpaired) electrons. The molecule has 2 heterocycles. The predicted molar refractivity (Wildman–Crippen MR) is 77.2 cm³/mol. The van der Waals surface area contributed by atoms with Crippen LogP contribution in [-0.2, 0) is 0 Å². The zero-order valence-corrected chi connectivity index (χ0v) is 11.7. The van der Waals surface area contributed by atoms with Crippen molar-refractivity contribution in [3.63, 3.8) is 0 Å². The fraction of sp³-hybridized carbons (Fsp3) is 0. The van der Waals surface area contributed by atoms with E-state index in [9.17, 15) is 4.79 Å². The lowest BCUT2D eigenvalue weighted by Crippen LogP contribution is -2.04. The lowest BCUT2D eigenvalue weighted by Gasteiger charge is -2.04. The summed E-state index contributed by atoms with van der Waals surface area (Å²) in [6, 6.07) is 11.5. The number of carbonyl (C=O) groups excluding carboxylic acids is 1. The molecule has 3 aromatic rings. The van der Waals surface area contributed by atoms with E-state index in [0.717, 1.165) is 15.4 Å². The summed E-state index contributed by atoms with van der Waals surface area (Å²) in [6.45, 7) is 0. The van der Waals surface area contributed by atoms with E-state index in [4.69, 9.17) is 0 Å². The van der Waals surface area contributed by atoms with Gasteiger partial charge in [0.05, 0.1) is 5.52 Å². The van der Waals surface area contributed by atoms with E-state index in [1.165, 1.54) is 11.3 Å². The van der Waals surface area contributed by atoms with Gasteiger partial charge < -0.3 is 0 Å². The first-order chi connectivity index (χ1) is 8.75. The highest BCUT2D eigenvalue weighted by molar-refractivity contribution is 9.10. The molecule has 0 fully saturated rings. The van der Waals surface area contributed by atoms with Crippen molar-refractivity contribution in [1.82, 2.24) is 4.98 Å². The van der Waals surface area contributed by atoms with Gasteiger partial charge in [-0.1, -0.05) is 18.2 Å². The van der Waals surface area contributed by atoms with E-state index in [1.807, 2.05) is 47.2 Å². The highest BCUT2D eigenvalue weighted by atomic mass is 79.9. The van der Waals surface area contributed by atoms with Crippen LogP contribution >= 0.6 is 27.3 Å². The van der Waals surface area contributed by atoms with Crippen molar-refractivity contribution in [3.8, 4) is 0 Å². The Hall–Kier alpha value is -1.52. The number of hydrogen-bond acceptors (Lipinski definition) is 3. The Morgan fingerprint density at radius 2 is 2.06 bits per heavy atom. The maximum absolute atomic E-state index is 12.3. The largest absolute Gasteiger partial charge is 0.287 e. The minimum absolute atomic E-state index is 0.0473. The van der Waals surface area contributed by atoms with Crippen LogP contribution in [0.5, 0.6) is 0 Å². The second-order valence-corrected chi connectivity index (χ2v) is 5.49. The molecule has 2 aromatic heterocycles. The van der Waals surface area contributed by atoms with E-state index in [2.05, 4.69) is 20.9 Å². The van der Waals surface area contributed by atoms with Crippen LogP contribution in [0.2, 0.25) is 0 Å². The molecule has 0 saturated heterocycles. The molecule has 18 heavy (non-hydrogen) atoms. The fourth-order valence-corrected chi connectivity index (χ4v) is 2.93. The van der Waals surface area contributed by atoms with E-state index >= 15 is 0 Å². The molecule has 0 bridgehead atoms. The van der Waals surface area contributed by atoms with Gasteiger partial charge in [-0.25, -0.2) is 4.98 Å². The lowest BCUT2D eigenvalue weighted by atomic mass is 10.1. The molecule has 0 N–H and O–H groups in total. The SMILES string of the molecule is O=C(c1ccsc1)c1nc2ccccc2cc1Br. The van der Waals surface area contributed by atoms with Gasteiger partial charge in [-0.15, -0.1) is 0 Å². The molecule has 1 aromatic carbocycles. The van der Waals surface area contributed by atoms with Gasteiger partial charge in [0.15, 0.2) is 0 Å². The molecule has 0 atom stereocenters. The molecule has 0 spiro atoms. The zero-order valence-electron chi connectivity index (χ0n) is 9.26. The van der Waals surface area contributed by atoms with Crippen molar-refractivity contribution in [2.24, 2.45) is 0 Å². The molecule has 3 rings (SSSR count). The highest BCUT2D eigenvalue weighted by Gasteiger charge is 2.15. The van der Waals surface area contributed by atoms with Crippen molar-refractivity contribution in [2.75, 3.05) is 0 Å². The highest BCUT2D eigenvalue weighted by Crippen LogP contribution is 2.24. The minimum Gasteiger partial charge on any atom is -0.287 e. The molecule has 0 unspecified atom stereocenters. The van der Waals surface area contributed by atoms with Crippen LogP contribution in [0, 0.1) is 0 Å². The van der Waals surface area contributed by atoms with Crippen LogP contribution < -0.4 is 0 Å². The standard InChI is InChI=1S/C14H8BrNOS/c15-11-7-9-3-1-2-4-12(9)16-13(11)14(17)10-5-6-18-8-10/h1-8H. The number of pyridine rings is 1. The Morgan fingerprint density at radius 1 is 1.22 bits per heavy atom. The third-order valence-corrected chi connectivity index (χ3v) is 3.96. The van der Waals surface area contributed by atoms with Crippen LogP contribution in [0.3, 0.4) is 0 Å². The molecule has 0 saturated carbocycles. The Morgan fingerprint density at radius 3 is 2.83 bits per heavy atom. The van der Waals surface area contributed by atoms with Gasteiger partial charge in [0.1, 0.15) is 5.69 Å². The van der Waals surface area contributed by atoms with Crippen molar-refractivity contribution in [2.45, 2.75) is 0 Å². The van der Waals surface area contributed by atoms with Crippen LogP contribution in [0.4, 0.5) is 0 Å². The van der Waals surface area contributed by atoms with Gasteiger partial charge in [0.25, 0.3) is 0 Å². The van der Waals surface area contributed by atoms with E-state index < -0.39 is 0 Å². The summed E-state index contributed by atoms with van der Waals surface area (Å²) in [7, 11) is 0. The number of para-hydroxylation sites is 1. The van der Waals surface area contributed by atoms with Gasteiger partial charge in [-0.2, -0.15) is 11.3 Å². The summed E-state index contributed by atoms with van der Waals surface area (Å²) in [5.74, 6) is -0.0473. The average Bonchev–Trinajstić information content (AvgIpc) is 2.91. The van der Waals surface area contributed by atoms with Crippen LogP contribution in [-0.4, -0.2) is 10.8 Å². The second kappa shape index (κ2) is 4.63. The van der Waals surface area contributed by atoms with Crippen molar-refractivity contribution < 1.29 is 4.79 Å². The summed E-state index contributed by atoms with van der Waals surface area (Å²) in [4.78, 5) is 16.7. The quantitative estimate of drug-likeness (QED) is 0.660. The van der Waals surface area contributed by atoms with Crippen LogP contribution in [0.25, 0.3) is 10.9 Å². The Labute approximate surface area is 116 Å². The van der Waals surface area contributed by atoms with Crippen molar-refractivity contribution in [1.29, 1.82) is 0 Å². The number of hydrogen-bond donors (Lipinski definition) is 0. The first kappa shape index (κ1) is 11.6. The summed E-state index contributed by atoms with van der Waals surface area (Å²) in [6.07, 6.45) is 0. The number of fused-ring (bicyclic) bond motifs is 1. The second-order valence-electron chi connectivity index (χ2n) is 3.85. The topological polar surface area (TPSA) is 30.0 Å². The van der Waals surface area contributed by atoms with Gasteiger partial charge in [-0.05, 0) is 39.5 Å². The molecule has 0 aliphatic carbocycles. The van der Waals surface area contributed by atoms with Crippen LogP contribution in [0.15, 0.2) is 51.6 Å². The summed E-state index contributed by atoms with van der Waals surface area (Å²) >= 11 is 4.93. The summed E-state index contributed by atoms with van der Waals surface area (Å²) in [5.41, 5.74) is 1.98. The smallest absolute Gasteiger partial charge is 0.213 e. The van der Waals surface area contributed by atoms with Crippen molar-refractivity contribution in [3.05, 3.63) is 62.9 Å². The molecule has 0 aliphatic rings. The molecule has 88 valence electrons. The Bertz CT molecular complexity index is 722. The first-order valence-corrected chi connectivity index (χ1v) is 7.11. The Balaban J connectivity index is 2.17. The zero-order chi connectivity index (χ0) is 12.5. The van der Waals surface area contributed by atoms with Gasteiger partial charge in [0, 0.05) is 20.8 Å². The molecule has 2 nitrogen and oxygen atoms in total. The minimum atomic E-state index is -0.0473. The van der Waals surface area contributed by atoms with E-state index in [1.54, 1.807) is 0 Å². The third kappa shape index (κ3) is 1.98.